The highest BCUT2D eigenvalue weighted by Crippen LogP contribution is 2.31. The first-order chi connectivity index (χ1) is 8.59. The van der Waals surface area contributed by atoms with Gasteiger partial charge in [0.1, 0.15) is 6.61 Å². The van der Waals surface area contributed by atoms with Crippen molar-refractivity contribution in [1.82, 2.24) is 4.90 Å². The number of carbonyl (C=O) groups excluding carboxylic acids is 1. The fraction of sp³-hybridized carbons (Fsp3) is 0.400. The fourth-order valence-electron chi connectivity index (χ4n) is 2.04. The molecule has 3 atom stereocenters. The van der Waals surface area contributed by atoms with Crippen LogP contribution in [-0.2, 0) is 9.53 Å². The van der Waals surface area contributed by atoms with Crippen molar-refractivity contribution in [2.45, 2.75) is 25.9 Å². The minimum absolute atomic E-state index is 0.297. The summed E-state index contributed by atoms with van der Waals surface area (Å²) in [5, 5.41) is 0. The Morgan fingerprint density at radius 2 is 2.17 bits per heavy atom. The van der Waals surface area contributed by atoms with Gasteiger partial charge in [0, 0.05) is 18.2 Å². The molecule has 1 saturated heterocycles. The van der Waals surface area contributed by atoms with Crippen LogP contribution in [0.25, 0.3) is 0 Å². The summed E-state index contributed by atoms with van der Waals surface area (Å²) in [4.78, 5) is 13.6. The summed E-state index contributed by atoms with van der Waals surface area (Å²) < 4.78 is 5.16. The first kappa shape index (κ1) is 12.8. The maximum absolute atomic E-state index is 11.3. The lowest BCUT2D eigenvalue weighted by Gasteiger charge is -2.14. The van der Waals surface area contributed by atoms with E-state index in [9.17, 15) is 4.79 Å². The molecule has 1 heterocycles. The standard InChI is InChI=1S/C15H19NO2/c1-11(2)15(17)18-10-14-9-16(14)12(3)13-7-5-4-6-8-13/h4-8,12,14H,1,9-10H2,2-3H3. The van der Waals surface area contributed by atoms with E-state index in [4.69, 9.17) is 4.74 Å². The van der Waals surface area contributed by atoms with Gasteiger partial charge in [0.15, 0.2) is 0 Å². The molecule has 0 spiro atoms. The van der Waals surface area contributed by atoms with E-state index in [-0.39, 0.29) is 5.97 Å². The molecule has 2 rings (SSSR count). The van der Waals surface area contributed by atoms with E-state index in [1.807, 2.05) is 18.2 Å². The summed E-state index contributed by atoms with van der Waals surface area (Å²) in [6, 6.07) is 11.1. The zero-order valence-electron chi connectivity index (χ0n) is 10.9. The van der Waals surface area contributed by atoms with Crippen LogP contribution in [0.3, 0.4) is 0 Å². The molecular weight excluding hydrogens is 226 g/mol. The van der Waals surface area contributed by atoms with E-state index in [0.717, 1.165) is 6.54 Å². The molecule has 0 N–H and O–H groups in total. The molecule has 0 saturated carbocycles. The van der Waals surface area contributed by atoms with Gasteiger partial charge in [0.2, 0.25) is 0 Å². The summed E-state index contributed by atoms with van der Waals surface area (Å²) >= 11 is 0. The van der Waals surface area contributed by atoms with Crippen LogP contribution in [0.1, 0.15) is 25.5 Å². The molecule has 1 aromatic carbocycles. The van der Waals surface area contributed by atoms with Crippen molar-refractivity contribution >= 4 is 5.97 Å². The highest BCUT2D eigenvalue weighted by Gasteiger charge is 2.39. The summed E-state index contributed by atoms with van der Waals surface area (Å²) in [6.45, 7) is 8.86. The Bertz CT molecular complexity index is 441. The molecule has 3 heteroatoms. The number of nitrogens with zero attached hydrogens (tertiary/aromatic N) is 1. The molecule has 96 valence electrons. The van der Waals surface area contributed by atoms with Crippen LogP contribution in [-0.4, -0.2) is 30.1 Å². The molecule has 1 aliphatic heterocycles. The lowest BCUT2D eigenvalue weighted by molar-refractivity contribution is -0.139. The molecule has 0 aromatic heterocycles. The van der Waals surface area contributed by atoms with E-state index < -0.39 is 0 Å². The highest BCUT2D eigenvalue weighted by molar-refractivity contribution is 5.86. The molecule has 0 aliphatic carbocycles. The second kappa shape index (κ2) is 5.36. The number of hydrogen-bond donors (Lipinski definition) is 0. The maximum Gasteiger partial charge on any atom is 0.333 e. The Labute approximate surface area is 108 Å². The monoisotopic (exact) mass is 245 g/mol. The Balaban J connectivity index is 1.81. The molecule has 1 aliphatic rings. The quantitative estimate of drug-likeness (QED) is 0.453. The first-order valence-corrected chi connectivity index (χ1v) is 6.23. The van der Waals surface area contributed by atoms with E-state index in [1.54, 1.807) is 6.92 Å². The zero-order valence-corrected chi connectivity index (χ0v) is 10.9. The van der Waals surface area contributed by atoms with Crippen molar-refractivity contribution in [3.63, 3.8) is 0 Å². The first-order valence-electron chi connectivity index (χ1n) is 6.23. The van der Waals surface area contributed by atoms with Gasteiger partial charge in [0.25, 0.3) is 0 Å². The number of carbonyl (C=O) groups is 1. The van der Waals surface area contributed by atoms with E-state index in [1.165, 1.54) is 5.56 Å². The molecule has 0 amide bonds. The SMILES string of the molecule is C=C(C)C(=O)OCC1CN1C(C)c1ccccc1. The van der Waals surface area contributed by atoms with Gasteiger partial charge in [-0.2, -0.15) is 0 Å². The summed E-state index contributed by atoms with van der Waals surface area (Å²) in [5.41, 5.74) is 1.75. The lowest BCUT2D eigenvalue weighted by atomic mass is 10.1. The van der Waals surface area contributed by atoms with Gasteiger partial charge in [-0.05, 0) is 19.4 Å². The van der Waals surface area contributed by atoms with Gasteiger partial charge in [-0.1, -0.05) is 36.9 Å². The van der Waals surface area contributed by atoms with Crippen molar-refractivity contribution in [2.75, 3.05) is 13.2 Å². The van der Waals surface area contributed by atoms with Crippen LogP contribution in [0.4, 0.5) is 0 Å². The Morgan fingerprint density at radius 1 is 1.50 bits per heavy atom. The molecule has 1 aromatic rings. The number of rotatable bonds is 5. The Kier molecular flexibility index (Phi) is 3.82. The largest absolute Gasteiger partial charge is 0.461 e. The lowest BCUT2D eigenvalue weighted by Crippen LogP contribution is -2.15. The molecule has 3 unspecified atom stereocenters. The topological polar surface area (TPSA) is 29.3 Å². The highest BCUT2D eigenvalue weighted by atomic mass is 16.5. The van der Waals surface area contributed by atoms with Gasteiger partial charge in [-0.15, -0.1) is 0 Å². The molecule has 18 heavy (non-hydrogen) atoms. The molecule has 0 bridgehead atoms. The van der Waals surface area contributed by atoms with Crippen LogP contribution in [0.15, 0.2) is 42.5 Å². The van der Waals surface area contributed by atoms with Gasteiger partial charge in [-0.3, -0.25) is 4.90 Å². The van der Waals surface area contributed by atoms with E-state index >= 15 is 0 Å². The summed E-state index contributed by atoms with van der Waals surface area (Å²) in [5.74, 6) is -0.297. The fourth-order valence-corrected chi connectivity index (χ4v) is 2.04. The van der Waals surface area contributed by atoms with Crippen LogP contribution < -0.4 is 0 Å². The van der Waals surface area contributed by atoms with Crippen molar-refractivity contribution in [2.24, 2.45) is 0 Å². The van der Waals surface area contributed by atoms with E-state index in [0.29, 0.717) is 24.3 Å². The van der Waals surface area contributed by atoms with Gasteiger partial charge < -0.3 is 4.74 Å². The molecule has 3 nitrogen and oxygen atoms in total. The third-order valence-corrected chi connectivity index (χ3v) is 3.29. The molecule has 1 fully saturated rings. The number of ether oxygens (including phenoxy) is 1. The van der Waals surface area contributed by atoms with Gasteiger partial charge in [0.05, 0.1) is 6.04 Å². The minimum Gasteiger partial charge on any atom is -0.461 e. The minimum atomic E-state index is -0.297. The second-order valence-corrected chi connectivity index (χ2v) is 4.82. The van der Waals surface area contributed by atoms with Crippen LogP contribution in [0.2, 0.25) is 0 Å². The second-order valence-electron chi connectivity index (χ2n) is 4.82. The zero-order chi connectivity index (χ0) is 13.1. The summed E-state index contributed by atoms with van der Waals surface area (Å²) in [7, 11) is 0. The summed E-state index contributed by atoms with van der Waals surface area (Å²) in [6.07, 6.45) is 0. The predicted molar refractivity (Wildman–Crippen MR) is 71.1 cm³/mol. The van der Waals surface area contributed by atoms with Gasteiger partial charge in [-0.25, -0.2) is 4.79 Å². The average molecular weight is 245 g/mol. The third kappa shape index (κ3) is 2.99. The smallest absolute Gasteiger partial charge is 0.333 e. The van der Waals surface area contributed by atoms with Crippen molar-refractivity contribution in [1.29, 1.82) is 0 Å². The normalized spacial score (nSPS) is 23.2. The Morgan fingerprint density at radius 3 is 2.78 bits per heavy atom. The predicted octanol–water partition coefficient (Wildman–Crippen LogP) is 2.55. The molecule has 0 radical (unpaired) electrons. The maximum atomic E-state index is 11.3. The van der Waals surface area contributed by atoms with Crippen LogP contribution >= 0.6 is 0 Å². The van der Waals surface area contributed by atoms with Crippen molar-refractivity contribution in [3.8, 4) is 0 Å². The number of esters is 1. The van der Waals surface area contributed by atoms with Crippen LogP contribution in [0, 0.1) is 0 Å². The van der Waals surface area contributed by atoms with Crippen molar-refractivity contribution < 1.29 is 9.53 Å². The molecular formula is C15H19NO2. The Hall–Kier alpha value is -1.61. The van der Waals surface area contributed by atoms with Crippen molar-refractivity contribution in [3.05, 3.63) is 48.0 Å². The number of hydrogen-bond acceptors (Lipinski definition) is 3. The van der Waals surface area contributed by atoms with E-state index in [2.05, 4.69) is 30.5 Å². The van der Waals surface area contributed by atoms with Gasteiger partial charge >= 0.3 is 5.97 Å². The average Bonchev–Trinajstić information content (AvgIpc) is 3.15. The third-order valence-electron chi connectivity index (χ3n) is 3.29. The number of benzene rings is 1. The van der Waals surface area contributed by atoms with Crippen LogP contribution in [0.5, 0.6) is 0 Å².